The molecule has 1 fully saturated rings. The molecule has 4 heteroatoms. The Morgan fingerprint density at radius 3 is 2.94 bits per heavy atom. The van der Waals surface area contributed by atoms with Gasteiger partial charge in [0.1, 0.15) is 11.6 Å². The number of hydrogen-bond acceptors (Lipinski definition) is 2. The molecule has 0 aliphatic carbocycles. The molecule has 0 saturated carbocycles. The summed E-state index contributed by atoms with van der Waals surface area (Å²) in [5, 5.41) is 3.75. The SMILES string of the molecule is CNC(Cc1cc(F)ccc1F)C1CCCS1. The monoisotopic (exact) mass is 257 g/mol. The van der Waals surface area contributed by atoms with E-state index >= 15 is 0 Å². The molecule has 1 N–H and O–H groups in total. The number of benzene rings is 1. The van der Waals surface area contributed by atoms with E-state index in [2.05, 4.69) is 5.32 Å². The van der Waals surface area contributed by atoms with Crippen LogP contribution in [0.5, 0.6) is 0 Å². The predicted molar refractivity (Wildman–Crippen MR) is 68.4 cm³/mol. The van der Waals surface area contributed by atoms with Gasteiger partial charge in [-0.3, -0.25) is 0 Å². The Morgan fingerprint density at radius 2 is 2.29 bits per heavy atom. The van der Waals surface area contributed by atoms with Crippen molar-refractivity contribution in [3.8, 4) is 0 Å². The molecule has 0 radical (unpaired) electrons. The molecule has 1 saturated heterocycles. The maximum absolute atomic E-state index is 13.6. The minimum absolute atomic E-state index is 0.221. The Kier molecular flexibility index (Phi) is 4.40. The lowest BCUT2D eigenvalue weighted by Crippen LogP contribution is -2.36. The third-order valence-corrected chi connectivity index (χ3v) is 4.75. The van der Waals surface area contributed by atoms with Gasteiger partial charge < -0.3 is 5.32 Å². The summed E-state index contributed by atoms with van der Waals surface area (Å²) in [6.45, 7) is 0. The van der Waals surface area contributed by atoms with Gasteiger partial charge in [-0.1, -0.05) is 0 Å². The largest absolute Gasteiger partial charge is 0.316 e. The van der Waals surface area contributed by atoms with Gasteiger partial charge in [0.25, 0.3) is 0 Å². The van der Waals surface area contributed by atoms with Crippen LogP contribution in [0.2, 0.25) is 0 Å². The van der Waals surface area contributed by atoms with E-state index in [1.807, 2.05) is 18.8 Å². The first-order valence-corrected chi connectivity index (χ1v) is 6.98. The molecular weight excluding hydrogens is 240 g/mol. The van der Waals surface area contributed by atoms with E-state index in [0.717, 1.165) is 12.5 Å². The average Bonchev–Trinajstić information content (AvgIpc) is 2.84. The van der Waals surface area contributed by atoms with Crippen LogP contribution in [0.1, 0.15) is 18.4 Å². The molecule has 2 rings (SSSR count). The van der Waals surface area contributed by atoms with Crippen LogP contribution >= 0.6 is 11.8 Å². The van der Waals surface area contributed by atoms with E-state index in [1.54, 1.807) is 0 Å². The molecule has 1 aliphatic heterocycles. The van der Waals surface area contributed by atoms with E-state index in [9.17, 15) is 8.78 Å². The predicted octanol–water partition coefficient (Wildman–Crippen LogP) is 2.99. The summed E-state index contributed by atoms with van der Waals surface area (Å²) in [7, 11) is 1.89. The molecule has 1 aliphatic rings. The highest BCUT2D eigenvalue weighted by molar-refractivity contribution is 8.00. The lowest BCUT2D eigenvalue weighted by atomic mass is 10.0. The van der Waals surface area contributed by atoms with Gasteiger partial charge in [-0.25, -0.2) is 8.78 Å². The van der Waals surface area contributed by atoms with Crippen molar-refractivity contribution in [1.29, 1.82) is 0 Å². The quantitative estimate of drug-likeness (QED) is 0.890. The van der Waals surface area contributed by atoms with Gasteiger partial charge in [-0.2, -0.15) is 11.8 Å². The molecule has 0 bridgehead atoms. The number of nitrogens with one attached hydrogen (secondary N) is 1. The number of hydrogen-bond donors (Lipinski definition) is 1. The second kappa shape index (κ2) is 5.83. The third-order valence-electron chi connectivity index (χ3n) is 3.23. The Balaban J connectivity index is 2.09. The van der Waals surface area contributed by atoms with Crippen molar-refractivity contribution < 1.29 is 8.78 Å². The van der Waals surface area contributed by atoms with Crippen LogP contribution in [0.4, 0.5) is 8.78 Å². The van der Waals surface area contributed by atoms with Crippen molar-refractivity contribution in [3.05, 3.63) is 35.4 Å². The van der Waals surface area contributed by atoms with Gasteiger partial charge in [-0.05, 0) is 55.8 Å². The maximum atomic E-state index is 13.6. The van der Waals surface area contributed by atoms with Gasteiger partial charge in [0.15, 0.2) is 0 Å². The Bertz CT molecular complexity index is 378. The van der Waals surface area contributed by atoms with Crippen molar-refractivity contribution in [1.82, 2.24) is 5.32 Å². The molecule has 0 spiro atoms. The summed E-state index contributed by atoms with van der Waals surface area (Å²) >= 11 is 1.93. The Hall–Kier alpha value is -0.610. The van der Waals surface area contributed by atoms with E-state index in [4.69, 9.17) is 0 Å². The highest BCUT2D eigenvalue weighted by Gasteiger charge is 2.25. The Morgan fingerprint density at radius 1 is 1.47 bits per heavy atom. The molecule has 17 heavy (non-hydrogen) atoms. The molecule has 0 amide bonds. The molecule has 1 aromatic carbocycles. The first-order valence-electron chi connectivity index (χ1n) is 5.93. The summed E-state index contributed by atoms with van der Waals surface area (Å²) in [5.74, 6) is 0.499. The van der Waals surface area contributed by atoms with Crippen molar-refractivity contribution in [2.75, 3.05) is 12.8 Å². The van der Waals surface area contributed by atoms with Crippen molar-refractivity contribution in [2.45, 2.75) is 30.6 Å². The van der Waals surface area contributed by atoms with Crippen molar-refractivity contribution in [3.63, 3.8) is 0 Å². The van der Waals surface area contributed by atoms with Gasteiger partial charge in [0.05, 0.1) is 0 Å². The standard InChI is InChI=1S/C13H17F2NS/c1-16-12(13-3-2-6-17-13)8-9-7-10(14)4-5-11(9)15/h4-5,7,12-13,16H,2-3,6,8H2,1H3. The second-order valence-corrected chi connectivity index (χ2v) is 5.73. The number of halogens is 2. The smallest absolute Gasteiger partial charge is 0.126 e. The Labute approximate surface area is 105 Å². The number of likely N-dealkylation sites (N-methyl/N-ethyl adjacent to an activating group) is 1. The summed E-state index contributed by atoms with van der Waals surface area (Å²) in [4.78, 5) is 0. The molecule has 2 unspecified atom stereocenters. The van der Waals surface area contributed by atoms with Gasteiger partial charge >= 0.3 is 0 Å². The fraction of sp³-hybridized carbons (Fsp3) is 0.538. The highest BCUT2D eigenvalue weighted by Crippen LogP contribution is 2.30. The molecule has 1 nitrogen and oxygen atoms in total. The molecule has 1 heterocycles. The zero-order valence-electron chi connectivity index (χ0n) is 9.88. The fourth-order valence-electron chi connectivity index (χ4n) is 2.28. The maximum Gasteiger partial charge on any atom is 0.126 e. The zero-order chi connectivity index (χ0) is 12.3. The lowest BCUT2D eigenvalue weighted by Gasteiger charge is -2.22. The average molecular weight is 257 g/mol. The van der Waals surface area contributed by atoms with Crippen LogP contribution < -0.4 is 5.32 Å². The van der Waals surface area contributed by atoms with E-state index in [-0.39, 0.29) is 17.7 Å². The van der Waals surface area contributed by atoms with Gasteiger partial charge in [0.2, 0.25) is 0 Å². The lowest BCUT2D eigenvalue weighted by molar-refractivity contribution is 0.504. The van der Waals surface area contributed by atoms with E-state index in [1.165, 1.54) is 24.3 Å². The van der Waals surface area contributed by atoms with E-state index in [0.29, 0.717) is 17.2 Å². The molecule has 1 aromatic rings. The second-order valence-electron chi connectivity index (χ2n) is 4.39. The van der Waals surface area contributed by atoms with Gasteiger partial charge in [0, 0.05) is 11.3 Å². The minimum Gasteiger partial charge on any atom is -0.316 e. The highest BCUT2D eigenvalue weighted by atomic mass is 32.2. The van der Waals surface area contributed by atoms with E-state index < -0.39 is 0 Å². The van der Waals surface area contributed by atoms with Crippen LogP contribution in [-0.2, 0) is 6.42 Å². The summed E-state index contributed by atoms with van der Waals surface area (Å²) < 4.78 is 26.6. The topological polar surface area (TPSA) is 12.0 Å². The molecule has 94 valence electrons. The summed E-state index contributed by atoms with van der Waals surface area (Å²) in [5.41, 5.74) is 0.469. The summed E-state index contributed by atoms with van der Waals surface area (Å²) in [6.07, 6.45) is 2.93. The summed E-state index contributed by atoms with van der Waals surface area (Å²) in [6, 6.07) is 3.90. The first-order chi connectivity index (χ1) is 8.20. The van der Waals surface area contributed by atoms with Crippen molar-refractivity contribution in [2.24, 2.45) is 0 Å². The number of rotatable bonds is 4. The van der Waals surface area contributed by atoms with Gasteiger partial charge in [-0.15, -0.1) is 0 Å². The van der Waals surface area contributed by atoms with Crippen LogP contribution in [0, 0.1) is 11.6 Å². The zero-order valence-corrected chi connectivity index (χ0v) is 10.7. The normalized spacial score (nSPS) is 21.7. The fourth-order valence-corrected chi connectivity index (χ4v) is 3.71. The first kappa shape index (κ1) is 12.8. The number of thioether (sulfide) groups is 1. The minimum atomic E-state index is -0.365. The molecule has 2 atom stereocenters. The molecule has 0 aromatic heterocycles. The van der Waals surface area contributed by atoms with Crippen LogP contribution in [0.3, 0.4) is 0 Å². The molecular formula is C13H17F2NS. The van der Waals surface area contributed by atoms with Crippen molar-refractivity contribution >= 4 is 11.8 Å². The third kappa shape index (κ3) is 3.19. The van der Waals surface area contributed by atoms with Crippen LogP contribution in [0.25, 0.3) is 0 Å². The van der Waals surface area contributed by atoms with Crippen LogP contribution in [-0.4, -0.2) is 24.1 Å². The van der Waals surface area contributed by atoms with Crippen LogP contribution in [0.15, 0.2) is 18.2 Å².